The van der Waals surface area contributed by atoms with Gasteiger partial charge in [-0.25, -0.2) is 4.39 Å². The molecule has 1 saturated heterocycles. The minimum absolute atomic E-state index is 0.0372. The molecule has 1 aromatic heterocycles. The Hall–Kier alpha value is -3.07. The molecule has 0 bridgehead atoms. The topological polar surface area (TPSA) is 69.5 Å². The van der Waals surface area contributed by atoms with Gasteiger partial charge in [0.1, 0.15) is 17.3 Å². The summed E-state index contributed by atoms with van der Waals surface area (Å²) in [7, 11) is 3.27. The van der Waals surface area contributed by atoms with Crippen LogP contribution in [0.1, 0.15) is 43.3 Å². The van der Waals surface area contributed by atoms with Gasteiger partial charge in [-0.3, -0.25) is 9.36 Å². The average Bonchev–Trinajstić information content (AvgIpc) is 3.42. The van der Waals surface area contributed by atoms with Gasteiger partial charge in [0.15, 0.2) is 11.0 Å². The summed E-state index contributed by atoms with van der Waals surface area (Å²) in [6.07, 6.45) is 3.81. The Bertz CT molecular complexity index is 1200. The molecule has 34 heavy (non-hydrogen) atoms. The molecule has 1 saturated carbocycles. The number of amides is 1. The maximum absolute atomic E-state index is 14.4. The number of likely N-dealkylation sites (tertiary alicyclic amines) is 1. The number of methoxy groups -OCH3 is 2. The normalized spacial score (nSPS) is 17.7. The molecule has 0 unspecified atom stereocenters. The maximum atomic E-state index is 14.4. The number of halogens is 1. The van der Waals surface area contributed by atoms with Crippen molar-refractivity contribution in [3.63, 3.8) is 0 Å². The van der Waals surface area contributed by atoms with Gasteiger partial charge in [0.05, 0.1) is 31.6 Å². The molecule has 5 rings (SSSR count). The van der Waals surface area contributed by atoms with Crippen LogP contribution in [-0.2, 0) is 4.79 Å². The van der Waals surface area contributed by atoms with Gasteiger partial charge < -0.3 is 14.4 Å². The van der Waals surface area contributed by atoms with Crippen LogP contribution in [0, 0.1) is 5.82 Å². The van der Waals surface area contributed by atoms with Crippen LogP contribution in [0.15, 0.2) is 47.6 Å². The number of thioether (sulfide) groups is 1. The molecular formula is C25H27FN4O3S. The Morgan fingerprint density at radius 1 is 1.12 bits per heavy atom. The van der Waals surface area contributed by atoms with E-state index in [9.17, 15) is 9.18 Å². The van der Waals surface area contributed by atoms with Crippen LogP contribution >= 0.6 is 11.8 Å². The van der Waals surface area contributed by atoms with Crippen LogP contribution in [0.5, 0.6) is 11.5 Å². The summed E-state index contributed by atoms with van der Waals surface area (Å²) in [4.78, 5) is 15.2. The quantitative estimate of drug-likeness (QED) is 0.426. The van der Waals surface area contributed by atoms with E-state index in [1.807, 2.05) is 27.7 Å². The zero-order chi connectivity index (χ0) is 23.7. The molecule has 2 fully saturated rings. The molecule has 3 aromatic rings. The second-order valence-electron chi connectivity index (χ2n) is 8.53. The van der Waals surface area contributed by atoms with Gasteiger partial charge in [0.25, 0.3) is 0 Å². The monoisotopic (exact) mass is 482 g/mol. The molecule has 1 aliphatic carbocycles. The lowest BCUT2D eigenvalue weighted by Crippen LogP contribution is -2.32. The minimum atomic E-state index is -0.323. The Morgan fingerprint density at radius 2 is 1.94 bits per heavy atom. The van der Waals surface area contributed by atoms with E-state index in [4.69, 9.17) is 9.47 Å². The summed E-state index contributed by atoms with van der Waals surface area (Å²) in [5, 5.41) is 9.26. The third-order valence-electron chi connectivity index (χ3n) is 6.39. The highest BCUT2D eigenvalue weighted by Crippen LogP contribution is 2.42. The van der Waals surface area contributed by atoms with Crippen LogP contribution in [0.25, 0.3) is 11.4 Å². The van der Waals surface area contributed by atoms with Gasteiger partial charge in [0.2, 0.25) is 5.91 Å². The second-order valence-corrected chi connectivity index (χ2v) is 9.47. The molecular weight excluding hydrogens is 455 g/mol. The van der Waals surface area contributed by atoms with Crippen molar-refractivity contribution >= 4 is 17.7 Å². The van der Waals surface area contributed by atoms with Crippen molar-refractivity contribution in [1.82, 2.24) is 19.7 Å². The van der Waals surface area contributed by atoms with E-state index >= 15 is 0 Å². The summed E-state index contributed by atoms with van der Waals surface area (Å²) >= 11 is 1.37. The SMILES string of the molecule is COc1ccc(OC)c([C@@H]2CCCN2C(=O)CSc2nnc(-c3ccccc3F)n2C2CC2)c1. The molecule has 0 radical (unpaired) electrons. The lowest BCUT2D eigenvalue weighted by Gasteiger charge is -2.26. The molecule has 2 aromatic carbocycles. The Kier molecular flexibility index (Phi) is 6.45. The van der Waals surface area contributed by atoms with Crippen LogP contribution in [0.2, 0.25) is 0 Å². The van der Waals surface area contributed by atoms with E-state index in [-0.39, 0.29) is 29.6 Å². The molecule has 178 valence electrons. The van der Waals surface area contributed by atoms with Gasteiger partial charge >= 0.3 is 0 Å². The summed E-state index contributed by atoms with van der Waals surface area (Å²) in [6.45, 7) is 0.695. The standard InChI is InChI=1S/C25H27FN4O3S/c1-32-17-11-12-22(33-2)19(14-17)21-8-5-13-29(21)23(31)15-34-25-28-27-24(30(25)16-9-10-16)18-6-3-4-7-20(18)26/h3-4,6-7,11-12,14,16,21H,5,8-10,13,15H2,1-2H3/t21-/m0/s1. The smallest absolute Gasteiger partial charge is 0.233 e. The van der Waals surface area contributed by atoms with Crippen molar-refractivity contribution in [2.24, 2.45) is 0 Å². The predicted octanol–water partition coefficient (Wildman–Crippen LogP) is 4.89. The number of rotatable bonds is 8. The third-order valence-corrected chi connectivity index (χ3v) is 7.31. The van der Waals surface area contributed by atoms with Crippen molar-refractivity contribution in [1.29, 1.82) is 0 Å². The lowest BCUT2D eigenvalue weighted by atomic mass is 10.0. The highest BCUT2D eigenvalue weighted by Gasteiger charge is 2.34. The van der Waals surface area contributed by atoms with Crippen molar-refractivity contribution in [2.45, 2.75) is 42.9 Å². The third kappa shape index (κ3) is 4.36. The predicted molar refractivity (Wildman–Crippen MR) is 128 cm³/mol. The highest BCUT2D eigenvalue weighted by atomic mass is 32.2. The first kappa shape index (κ1) is 22.7. The minimum Gasteiger partial charge on any atom is -0.497 e. The van der Waals surface area contributed by atoms with Gasteiger partial charge in [0, 0.05) is 18.2 Å². The van der Waals surface area contributed by atoms with E-state index in [2.05, 4.69) is 10.2 Å². The van der Waals surface area contributed by atoms with Crippen molar-refractivity contribution in [3.8, 4) is 22.9 Å². The first-order valence-corrected chi connectivity index (χ1v) is 12.4. The van der Waals surface area contributed by atoms with Crippen molar-refractivity contribution in [2.75, 3.05) is 26.5 Å². The van der Waals surface area contributed by atoms with Crippen LogP contribution in [0.3, 0.4) is 0 Å². The fourth-order valence-electron chi connectivity index (χ4n) is 4.56. The van der Waals surface area contributed by atoms with Gasteiger partial charge in [-0.2, -0.15) is 0 Å². The molecule has 0 N–H and O–H groups in total. The number of carbonyl (C=O) groups excluding carboxylic acids is 1. The van der Waals surface area contributed by atoms with Crippen LogP contribution in [-0.4, -0.2) is 52.1 Å². The van der Waals surface area contributed by atoms with E-state index in [1.165, 1.54) is 17.8 Å². The van der Waals surface area contributed by atoms with E-state index < -0.39 is 0 Å². The van der Waals surface area contributed by atoms with Gasteiger partial charge in [-0.05, 0) is 56.0 Å². The van der Waals surface area contributed by atoms with E-state index in [1.54, 1.807) is 32.4 Å². The zero-order valence-electron chi connectivity index (χ0n) is 19.2. The van der Waals surface area contributed by atoms with Crippen LogP contribution < -0.4 is 9.47 Å². The number of carbonyl (C=O) groups is 1. The summed E-state index contributed by atoms with van der Waals surface area (Å²) in [5.41, 5.74) is 1.39. The van der Waals surface area contributed by atoms with E-state index in [0.29, 0.717) is 23.1 Å². The highest BCUT2D eigenvalue weighted by molar-refractivity contribution is 7.99. The fraction of sp³-hybridized carbons (Fsp3) is 0.400. The Morgan fingerprint density at radius 3 is 2.68 bits per heavy atom. The molecule has 1 aliphatic heterocycles. The van der Waals surface area contributed by atoms with Crippen LogP contribution in [0.4, 0.5) is 4.39 Å². The second kappa shape index (κ2) is 9.66. The fourth-order valence-corrected chi connectivity index (χ4v) is 5.45. The molecule has 1 amide bonds. The Balaban J connectivity index is 1.35. The molecule has 9 heteroatoms. The molecule has 2 aliphatic rings. The Labute approximate surface area is 202 Å². The largest absolute Gasteiger partial charge is 0.497 e. The number of nitrogens with zero attached hydrogens (tertiary/aromatic N) is 4. The summed E-state index contributed by atoms with van der Waals surface area (Å²) < 4.78 is 27.4. The number of aromatic nitrogens is 3. The van der Waals surface area contributed by atoms with Crippen molar-refractivity contribution in [3.05, 3.63) is 53.8 Å². The lowest BCUT2D eigenvalue weighted by molar-refractivity contribution is -0.129. The average molecular weight is 483 g/mol. The number of hydrogen-bond donors (Lipinski definition) is 0. The van der Waals surface area contributed by atoms with Crippen molar-refractivity contribution < 1.29 is 18.7 Å². The molecule has 2 heterocycles. The molecule has 1 atom stereocenters. The maximum Gasteiger partial charge on any atom is 0.233 e. The number of ether oxygens (including phenoxy) is 2. The molecule has 7 nitrogen and oxygen atoms in total. The molecule has 0 spiro atoms. The van der Waals surface area contributed by atoms with Gasteiger partial charge in [-0.1, -0.05) is 23.9 Å². The van der Waals surface area contributed by atoms with E-state index in [0.717, 1.165) is 42.7 Å². The first-order valence-electron chi connectivity index (χ1n) is 11.4. The number of hydrogen-bond acceptors (Lipinski definition) is 6. The summed E-state index contributed by atoms with van der Waals surface area (Å²) in [5.74, 6) is 1.97. The van der Waals surface area contributed by atoms with Gasteiger partial charge in [-0.15, -0.1) is 10.2 Å². The number of benzene rings is 2. The zero-order valence-corrected chi connectivity index (χ0v) is 20.1. The first-order chi connectivity index (χ1) is 16.6. The summed E-state index contributed by atoms with van der Waals surface area (Å²) in [6, 6.07) is 12.5.